The van der Waals surface area contributed by atoms with Gasteiger partial charge in [0.25, 0.3) is 0 Å². The van der Waals surface area contributed by atoms with E-state index < -0.39 is 38.0 Å². The molecule has 0 bridgehead atoms. The van der Waals surface area contributed by atoms with Crippen LogP contribution < -0.4 is 20.1 Å². The number of nitrogens with two attached hydrogens (primary N) is 1. The van der Waals surface area contributed by atoms with E-state index in [2.05, 4.69) is 26.1 Å². The number of nitrogens with one attached hydrogen (secondary N) is 1. The van der Waals surface area contributed by atoms with Crippen LogP contribution >= 0.6 is 7.75 Å². The van der Waals surface area contributed by atoms with Gasteiger partial charge in [0.1, 0.15) is 17.7 Å². The Kier molecular flexibility index (Phi) is 8.36. The van der Waals surface area contributed by atoms with Crippen molar-refractivity contribution in [1.82, 2.24) is 24.6 Å². The van der Waals surface area contributed by atoms with Crippen molar-refractivity contribution in [3.63, 3.8) is 0 Å². The van der Waals surface area contributed by atoms with Crippen LogP contribution in [0.15, 0.2) is 36.7 Å². The number of rotatable bonds is 11. The number of imidazole rings is 1. The first-order valence-corrected chi connectivity index (χ1v) is 13.6. The Morgan fingerprint density at radius 2 is 2.10 bits per heavy atom. The van der Waals surface area contributed by atoms with Gasteiger partial charge in [0.15, 0.2) is 17.4 Å². The number of fused-ring (bicyclic) bond motifs is 1. The molecule has 4 rings (SSSR count). The van der Waals surface area contributed by atoms with Gasteiger partial charge in [-0.3, -0.25) is 13.9 Å². The lowest BCUT2D eigenvalue weighted by molar-refractivity contribution is -0.145. The zero-order valence-electron chi connectivity index (χ0n) is 21.9. The summed E-state index contributed by atoms with van der Waals surface area (Å²) in [6.07, 6.45) is -0.150. The number of methoxy groups -OCH3 is 1. The Balaban J connectivity index is 1.53. The summed E-state index contributed by atoms with van der Waals surface area (Å²) in [4.78, 5) is 24.7. The minimum absolute atomic E-state index is 0.0290. The molecular formula is C24H30N7O7P. The minimum atomic E-state index is -4.06. The quantitative estimate of drug-likeness (QED) is 0.258. The summed E-state index contributed by atoms with van der Waals surface area (Å²) in [6.45, 7) is 4.52. The van der Waals surface area contributed by atoms with Crippen LogP contribution in [0.2, 0.25) is 0 Å². The van der Waals surface area contributed by atoms with E-state index in [1.54, 1.807) is 55.7 Å². The van der Waals surface area contributed by atoms with E-state index in [9.17, 15) is 14.6 Å². The van der Waals surface area contributed by atoms with Gasteiger partial charge in [-0.25, -0.2) is 14.6 Å². The summed E-state index contributed by atoms with van der Waals surface area (Å²) in [5.74, 6) is -0.190. The maximum atomic E-state index is 13.6. The lowest BCUT2D eigenvalue weighted by Crippen LogP contribution is -2.28. The number of nitrogen functional groups attached to an aromatic ring is 1. The molecule has 1 aromatic carbocycles. The molecule has 208 valence electrons. The fourth-order valence-corrected chi connectivity index (χ4v) is 5.41. The molecule has 1 fully saturated rings. The van der Waals surface area contributed by atoms with E-state index in [1.165, 1.54) is 13.4 Å². The molecule has 3 aromatic rings. The van der Waals surface area contributed by atoms with Crippen molar-refractivity contribution in [2.75, 3.05) is 26.0 Å². The number of para-hydroxylation sites is 1. The Morgan fingerprint density at radius 3 is 2.77 bits per heavy atom. The maximum absolute atomic E-state index is 13.6. The first kappa shape index (κ1) is 28.3. The highest BCUT2D eigenvalue weighted by Crippen LogP contribution is 2.49. The van der Waals surface area contributed by atoms with Gasteiger partial charge in [-0.1, -0.05) is 18.2 Å². The highest BCUT2D eigenvalue weighted by Gasteiger charge is 2.48. The standard InChI is InChI=1S/C24H30N7O7P/c1-15(2)36-18(32)11-28-39(33,38-16-8-6-5-7-9-16)35-12-17-10-24(3,13-25)22(37-17)31-14-27-19-20(31)29-23(26)30-21(19)34-4/h5-9,14-15,17,22H,10-12H2,1-4H3,(H,28,33)(H2,26,29,30). The summed E-state index contributed by atoms with van der Waals surface area (Å²) >= 11 is 0. The molecule has 1 saturated heterocycles. The van der Waals surface area contributed by atoms with Crippen LogP contribution in [-0.2, 0) is 23.4 Å². The molecule has 0 spiro atoms. The number of carbonyl (C=O) groups is 1. The second-order valence-corrected chi connectivity index (χ2v) is 11.1. The van der Waals surface area contributed by atoms with E-state index in [4.69, 9.17) is 29.0 Å². The zero-order valence-corrected chi connectivity index (χ0v) is 22.8. The predicted molar refractivity (Wildman–Crippen MR) is 138 cm³/mol. The van der Waals surface area contributed by atoms with Crippen molar-refractivity contribution in [3.05, 3.63) is 36.7 Å². The topological polar surface area (TPSA) is 186 Å². The number of benzene rings is 1. The van der Waals surface area contributed by atoms with Gasteiger partial charge in [0, 0.05) is 0 Å². The number of aromatic nitrogens is 4. The number of nitrogens with zero attached hydrogens (tertiary/aromatic N) is 5. The first-order valence-electron chi connectivity index (χ1n) is 12.1. The van der Waals surface area contributed by atoms with Crippen molar-refractivity contribution in [2.24, 2.45) is 5.41 Å². The smallest absolute Gasteiger partial charge is 0.459 e. The second-order valence-electron chi connectivity index (χ2n) is 9.33. The highest BCUT2D eigenvalue weighted by atomic mass is 31.2. The van der Waals surface area contributed by atoms with Gasteiger partial charge < -0.3 is 24.5 Å². The lowest BCUT2D eigenvalue weighted by atomic mass is 9.87. The average molecular weight is 560 g/mol. The third-order valence-corrected chi connectivity index (χ3v) is 7.30. The highest BCUT2D eigenvalue weighted by molar-refractivity contribution is 7.52. The molecule has 0 aliphatic carbocycles. The van der Waals surface area contributed by atoms with E-state index in [0.717, 1.165) is 0 Å². The van der Waals surface area contributed by atoms with Crippen molar-refractivity contribution in [1.29, 1.82) is 5.26 Å². The van der Waals surface area contributed by atoms with E-state index >= 15 is 0 Å². The number of nitriles is 1. The van der Waals surface area contributed by atoms with Gasteiger partial charge in [0.2, 0.25) is 11.8 Å². The SMILES string of the molecule is COc1nc(N)nc2c1ncn2C1OC(COP(=O)(NCC(=O)OC(C)C)Oc2ccccc2)CC1(C)C#N. The lowest BCUT2D eigenvalue weighted by Gasteiger charge is -2.23. The molecule has 4 unspecified atom stereocenters. The summed E-state index contributed by atoms with van der Waals surface area (Å²) in [5.41, 5.74) is 5.49. The van der Waals surface area contributed by atoms with Crippen LogP contribution in [0.5, 0.6) is 11.6 Å². The van der Waals surface area contributed by atoms with Crippen LogP contribution in [0, 0.1) is 16.7 Å². The number of ether oxygens (including phenoxy) is 3. The minimum Gasteiger partial charge on any atom is -0.479 e. The molecule has 14 nitrogen and oxygen atoms in total. The van der Waals surface area contributed by atoms with Gasteiger partial charge >= 0.3 is 13.7 Å². The van der Waals surface area contributed by atoms with Gasteiger partial charge in [-0.15, -0.1) is 0 Å². The Labute approximate surface area is 225 Å². The summed E-state index contributed by atoms with van der Waals surface area (Å²) in [6, 6.07) is 10.7. The maximum Gasteiger partial charge on any atom is 0.459 e. The molecular weight excluding hydrogens is 529 g/mol. The van der Waals surface area contributed by atoms with E-state index in [-0.39, 0.29) is 36.7 Å². The average Bonchev–Trinajstić information content (AvgIpc) is 3.47. The van der Waals surface area contributed by atoms with Crippen molar-refractivity contribution in [2.45, 2.75) is 45.6 Å². The first-order chi connectivity index (χ1) is 18.6. The Hall–Kier alpha value is -3.76. The van der Waals surface area contributed by atoms with Crippen molar-refractivity contribution >= 4 is 30.8 Å². The van der Waals surface area contributed by atoms with Crippen LogP contribution in [0.3, 0.4) is 0 Å². The van der Waals surface area contributed by atoms with Crippen LogP contribution in [0.25, 0.3) is 11.2 Å². The zero-order chi connectivity index (χ0) is 28.2. The molecule has 0 amide bonds. The van der Waals surface area contributed by atoms with Crippen LogP contribution in [0.1, 0.15) is 33.4 Å². The van der Waals surface area contributed by atoms with E-state index in [0.29, 0.717) is 11.2 Å². The molecule has 3 heterocycles. The molecule has 1 aliphatic heterocycles. The molecule has 3 N–H and O–H groups in total. The summed E-state index contributed by atoms with van der Waals surface area (Å²) in [7, 11) is -2.63. The monoisotopic (exact) mass is 559 g/mol. The molecule has 4 atom stereocenters. The van der Waals surface area contributed by atoms with Crippen LogP contribution in [0.4, 0.5) is 5.95 Å². The number of hydrogen-bond donors (Lipinski definition) is 2. The third-order valence-electron chi connectivity index (χ3n) is 5.81. The molecule has 39 heavy (non-hydrogen) atoms. The van der Waals surface area contributed by atoms with Crippen LogP contribution in [-0.4, -0.2) is 58.0 Å². The second kappa shape index (κ2) is 11.5. The molecule has 0 saturated carbocycles. The third kappa shape index (κ3) is 6.46. The molecule has 15 heteroatoms. The number of esters is 1. The largest absolute Gasteiger partial charge is 0.479 e. The molecule has 0 radical (unpaired) electrons. The number of carbonyl (C=O) groups excluding carboxylic acids is 1. The fourth-order valence-electron chi connectivity index (χ4n) is 4.12. The van der Waals surface area contributed by atoms with Gasteiger partial charge in [0.05, 0.1) is 38.3 Å². The van der Waals surface area contributed by atoms with Crippen molar-refractivity contribution < 1.29 is 32.6 Å². The number of anilines is 1. The van der Waals surface area contributed by atoms with Gasteiger partial charge in [-0.05, 0) is 39.3 Å². The molecule has 1 aliphatic rings. The summed E-state index contributed by atoms with van der Waals surface area (Å²) < 4.78 is 43.1. The molecule has 2 aromatic heterocycles. The fraction of sp³-hybridized carbons (Fsp3) is 0.458. The number of hydrogen-bond acceptors (Lipinski definition) is 12. The Morgan fingerprint density at radius 1 is 1.36 bits per heavy atom. The van der Waals surface area contributed by atoms with Crippen molar-refractivity contribution in [3.8, 4) is 17.7 Å². The Bertz CT molecular complexity index is 1410. The normalized spacial score (nSPS) is 22.4. The van der Waals surface area contributed by atoms with Gasteiger partial charge in [-0.2, -0.15) is 15.2 Å². The van der Waals surface area contributed by atoms with E-state index in [1.807, 2.05) is 0 Å². The summed E-state index contributed by atoms with van der Waals surface area (Å²) in [5, 5.41) is 12.6. The predicted octanol–water partition coefficient (Wildman–Crippen LogP) is 2.98.